The van der Waals surface area contributed by atoms with E-state index < -0.39 is 10.1 Å². The Bertz CT molecular complexity index is 352. The Hall–Kier alpha value is 1.25. The molecule has 0 amide bonds. The normalized spacial score (nSPS) is 9.69. The van der Waals surface area contributed by atoms with Crippen LogP contribution in [0.2, 0.25) is 0 Å². The molecule has 0 aliphatic rings. The Morgan fingerprint density at radius 2 is 1.62 bits per heavy atom. The van der Waals surface area contributed by atoms with Crippen LogP contribution in [0.4, 0.5) is 0 Å². The van der Waals surface area contributed by atoms with Gasteiger partial charge in [0, 0.05) is 0 Å². The van der Waals surface area contributed by atoms with Crippen molar-refractivity contribution < 1.29 is 65.8 Å². The molecule has 0 radical (unpaired) electrons. The van der Waals surface area contributed by atoms with E-state index in [0.29, 0.717) is 0 Å². The van der Waals surface area contributed by atoms with E-state index in [4.69, 9.17) is 4.55 Å². The van der Waals surface area contributed by atoms with Gasteiger partial charge in [-0.2, -0.15) is 8.42 Å². The molecule has 1 aromatic carbocycles. The van der Waals surface area contributed by atoms with E-state index in [0.717, 1.165) is 5.56 Å². The van der Waals surface area contributed by atoms with Gasteiger partial charge < -0.3 is 1.43 Å². The van der Waals surface area contributed by atoms with E-state index in [1.165, 1.54) is 12.1 Å². The molecule has 0 fully saturated rings. The molecule has 0 saturated carbocycles. The second-order valence-electron chi connectivity index (χ2n) is 2.29. The summed E-state index contributed by atoms with van der Waals surface area (Å²) >= 11 is 0. The molecule has 1 rings (SSSR count). The van der Waals surface area contributed by atoms with Crippen molar-refractivity contribution in [2.75, 3.05) is 0 Å². The van der Waals surface area contributed by atoms with Crippen LogP contribution in [0, 0.1) is 6.92 Å². The zero-order chi connectivity index (χ0) is 8.48. The molecule has 0 bridgehead atoms. The second-order valence-corrected chi connectivity index (χ2v) is 3.71. The summed E-state index contributed by atoms with van der Waals surface area (Å²) in [5, 5.41) is 0. The number of hydrogen-bond donors (Lipinski definition) is 1. The summed E-state index contributed by atoms with van der Waals surface area (Å²) in [6.45, 7) is 1.84. The fraction of sp³-hybridized carbons (Fsp3) is 0.143. The molecule has 0 atom stereocenters. The molecule has 1 N–H and O–H groups in total. The van der Waals surface area contributed by atoms with Crippen LogP contribution in [0.5, 0.6) is 0 Å². The van der Waals surface area contributed by atoms with Gasteiger partial charge in [-0.15, -0.1) is 17.0 Å². The van der Waals surface area contributed by atoms with Crippen LogP contribution in [0.1, 0.15) is 6.99 Å². The van der Waals surface area contributed by atoms with Gasteiger partial charge in [-0.1, -0.05) is 17.7 Å². The van der Waals surface area contributed by atoms with E-state index in [1.807, 2.05) is 6.92 Å². The summed E-state index contributed by atoms with van der Waals surface area (Å²) in [5.41, 5.74) is 0.956. The summed E-state index contributed by atoms with van der Waals surface area (Å²) in [7, 11) is -4.02. The SMILES string of the molecule is Br.Cc1ccc(S(=O)(=O)O)cc1.[H-].[K+]. The number of hydrogen-bond acceptors (Lipinski definition) is 2. The quantitative estimate of drug-likeness (QED) is 0.530. The van der Waals surface area contributed by atoms with Gasteiger partial charge in [0.05, 0.1) is 4.90 Å². The van der Waals surface area contributed by atoms with Crippen LogP contribution in [0.15, 0.2) is 29.2 Å². The molecule has 0 aromatic heterocycles. The van der Waals surface area contributed by atoms with Crippen molar-refractivity contribution >= 4 is 27.1 Å². The summed E-state index contributed by atoms with van der Waals surface area (Å²) in [4.78, 5) is -0.0666. The van der Waals surface area contributed by atoms with Gasteiger partial charge in [-0.25, -0.2) is 0 Å². The van der Waals surface area contributed by atoms with Crippen LogP contribution in [0.3, 0.4) is 0 Å². The number of rotatable bonds is 1. The van der Waals surface area contributed by atoms with Gasteiger partial charge in [-0.05, 0) is 19.1 Å². The second kappa shape index (κ2) is 6.68. The van der Waals surface area contributed by atoms with Crippen molar-refractivity contribution in [3.63, 3.8) is 0 Å². The maximum Gasteiger partial charge on any atom is 1.00 e. The Labute approximate surface area is 132 Å². The van der Waals surface area contributed by atoms with Gasteiger partial charge in [0.1, 0.15) is 0 Å². The first-order valence-corrected chi connectivity index (χ1v) is 4.48. The molecule has 0 heterocycles. The minimum absolute atomic E-state index is 0. The largest absolute Gasteiger partial charge is 1.00 e. The first kappa shape index (κ1) is 16.7. The fourth-order valence-electron chi connectivity index (χ4n) is 0.710. The van der Waals surface area contributed by atoms with Crippen molar-refractivity contribution in [3.05, 3.63) is 29.8 Å². The average Bonchev–Trinajstić information content (AvgIpc) is 1.86. The summed E-state index contributed by atoms with van der Waals surface area (Å²) in [6.07, 6.45) is 0. The third kappa shape index (κ3) is 5.63. The van der Waals surface area contributed by atoms with E-state index >= 15 is 0 Å². The van der Waals surface area contributed by atoms with Crippen LogP contribution < -0.4 is 51.4 Å². The first-order chi connectivity index (χ1) is 5.00. The fourth-order valence-corrected chi connectivity index (χ4v) is 1.19. The minimum Gasteiger partial charge on any atom is -1.00 e. The Morgan fingerprint density at radius 1 is 1.23 bits per heavy atom. The van der Waals surface area contributed by atoms with Gasteiger partial charge >= 0.3 is 51.4 Å². The van der Waals surface area contributed by atoms with Gasteiger partial charge in [0.25, 0.3) is 10.1 Å². The van der Waals surface area contributed by atoms with E-state index in [-0.39, 0.29) is 74.7 Å². The molecule has 13 heavy (non-hydrogen) atoms. The molecule has 6 heteroatoms. The maximum atomic E-state index is 10.5. The van der Waals surface area contributed by atoms with E-state index in [9.17, 15) is 8.42 Å². The molecule has 70 valence electrons. The molecule has 1 aromatic rings. The molecule has 0 saturated heterocycles. The third-order valence-electron chi connectivity index (χ3n) is 1.32. The zero-order valence-corrected chi connectivity index (χ0v) is 13.0. The third-order valence-corrected chi connectivity index (χ3v) is 2.19. The van der Waals surface area contributed by atoms with Crippen LogP contribution >= 0.6 is 17.0 Å². The summed E-state index contributed by atoms with van der Waals surface area (Å²) in [6, 6.07) is 5.99. The molecule has 0 spiro atoms. The predicted octanol–water partition coefficient (Wildman–Crippen LogP) is -1.06. The summed E-state index contributed by atoms with van der Waals surface area (Å²) in [5.74, 6) is 0. The molecule has 3 nitrogen and oxygen atoms in total. The monoisotopic (exact) mass is 292 g/mol. The number of benzene rings is 1. The van der Waals surface area contributed by atoms with Crippen molar-refractivity contribution in [2.24, 2.45) is 0 Å². The smallest absolute Gasteiger partial charge is 1.00 e. The Morgan fingerprint density at radius 3 is 1.92 bits per heavy atom. The Balaban J connectivity index is -0.000000403. The van der Waals surface area contributed by atoms with Gasteiger partial charge in [0.15, 0.2) is 0 Å². The van der Waals surface area contributed by atoms with Crippen LogP contribution in [-0.2, 0) is 10.1 Å². The van der Waals surface area contributed by atoms with Crippen molar-refractivity contribution in [1.29, 1.82) is 0 Å². The first-order valence-electron chi connectivity index (χ1n) is 3.04. The zero-order valence-electron chi connectivity index (χ0n) is 8.39. The van der Waals surface area contributed by atoms with Crippen molar-refractivity contribution in [3.8, 4) is 0 Å². The average molecular weight is 293 g/mol. The van der Waals surface area contributed by atoms with Crippen molar-refractivity contribution in [1.82, 2.24) is 0 Å². The van der Waals surface area contributed by atoms with Gasteiger partial charge in [-0.3, -0.25) is 4.55 Å². The number of halogens is 1. The number of aryl methyl sites for hydroxylation is 1. The van der Waals surface area contributed by atoms with Crippen LogP contribution in [-0.4, -0.2) is 13.0 Å². The van der Waals surface area contributed by atoms with Gasteiger partial charge in [0.2, 0.25) is 0 Å². The minimum atomic E-state index is -4.02. The topological polar surface area (TPSA) is 54.4 Å². The van der Waals surface area contributed by atoms with E-state index in [2.05, 4.69) is 0 Å². The molecule has 0 unspecified atom stereocenters. The predicted molar refractivity (Wildman–Crippen MR) is 52.4 cm³/mol. The molecule has 0 aliphatic heterocycles. The molecular weight excluding hydrogens is 283 g/mol. The standard InChI is InChI=1S/C7H8O3S.BrH.K.H/c1-6-2-4-7(5-3-6)11(8,9)10;;;/h2-5H,1H3,(H,8,9,10);1H;;/q;;+1;-1. The molecular formula is C7H10BrKO3S. The molecule has 0 aliphatic carbocycles. The summed E-state index contributed by atoms with van der Waals surface area (Å²) < 4.78 is 29.6. The van der Waals surface area contributed by atoms with Crippen molar-refractivity contribution in [2.45, 2.75) is 11.8 Å². The van der Waals surface area contributed by atoms with Crippen LogP contribution in [0.25, 0.3) is 0 Å². The maximum absolute atomic E-state index is 10.5. The Kier molecular flexibility index (Phi) is 8.56. The van der Waals surface area contributed by atoms with E-state index in [1.54, 1.807) is 12.1 Å².